The van der Waals surface area contributed by atoms with E-state index in [-0.39, 0.29) is 23.1 Å². The van der Waals surface area contributed by atoms with Crippen LogP contribution in [0.15, 0.2) is 45.5 Å². The minimum Gasteiger partial charge on any atom is -0.461 e. The van der Waals surface area contributed by atoms with Crippen LogP contribution in [0.5, 0.6) is 0 Å². The molecule has 2 aromatic heterocycles. The molecule has 3 aromatic rings. The molecule has 0 aliphatic rings. The lowest BCUT2D eigenvalue weighted by atomic mass is 10.2. The van der Waals surface area contributed by atoms with Gasteiger partial charge in [-0.2, -0.15) is 4.98 Å². The van der Waals surface area contributed by atoms with Crippen molar-refractivity contribution in [1.82, 2.24) is 10.1 Å². The molecule has 0 aliphatic carbocycles. The highest BCUT2D eigenvalue weighted by atomic mass is 16.6. The lowest BCUT2D eigenvalue weighted by Crippen LogP contribution is -1.95. The molecule has 1 aromatic carbocycles. The van der Waals surface area contributed by atoms with Crippen LogP contribution in [-0.4, -0.2) is 15.1 Å². The van der Waals surface area contributed by atoms with Crippen LogP contribution >= 0.6 is 0 Å². The quantitative estimate of drug-likeness (QED) is 0.441. The summed E-state index contributed by atoms with van der Waals surface area (Å²) in [5.41, 5.74) is 5.81. The van der Waals surface area contributed by atoms with Gasteiger partial charge >= 0.3 is 0 Å². The summed E-state index contributed by atoms with van der Waals surface area (Å²) in [4.78, 5) is 14.4. The zero-order valence-corrected chi connectivity index (χ0v) is 10.0. The van der Waals surface area contributed by atoms with Crippen LogP contribution in [0.2, 0.25) is 0 Å². The van der Waals surface area contributed by atoms with Crippen molar-refractivity contribution in [1.29, 1.82) is 0 Å². The molecule has 8 heteroatoms. The maximum Gasteiger partial charge on any atom is 0.292 e. The maximum absolute atomic E-state index is 10.8. The average molecular weight is 272 g/mol. The molecule has 20 heavy (non-hydrogen) atoms. The molecule has 0 aliphatic heterocycles. The summed E-state index contributed by atoms with van der Waals surface area (Å²) in [6, 6.07) is 7.65. The summed E-state index contributed by atoms with van der Waals surface area (Å²) < 4.78 is 10.2. The molecule has 2 heterocycles. The van der Waals surface area contributed by atoms with Crippen LogP contribution in [-0.2, 0) is 0 Å². The topological polar surface area (TPSA) is 121 Å². The van der Waals surface area contributed by atoms with Crippen LogP contribution in [0.4, 0.5) is 11.4 Å². The lowest BCUT2D eigenvalue weighted by molar-refractivity contribution is -0.383. The summed E-state index contributed by atoms with van der Waals surface area (Å²) >= 11 is 0. The van der Waals surface area contributed by atoms with Crippen LogP contribution in [0.3, 0.4) is 0 Å². The third-order valence-electron chi connectivity index (χ3n) is 2.64. The molecular formula is C12H8N4O4. The van der Waals surface area contributed by atoms with Gasteiger partial charge in [-0.15, -0.1) is 0 Å². The molecule has 2 N–H and O–H groups in total. The number of rotatable bonds is 3. The lowest BCUT2D eigenvalue weighted by Gasteiger charge is -1.98. The molecule has 0 atom stereocenters. The second kappa shape index (κ2) is 4.50. The van der Waals surface area contributed by atoms with Crippen LogP contribution in [0, 0.1) is 10.1 Å². The normalized spacial score (nSPS) is 10.6. The third kappa shape index (κ3) is 1.99. The Hall–Kier alpha value is -3.16. The number of nitro groups is 1. The van der Waals surface area contributed by atoms with Gasteiger partial charge in [-0.3, -0.25) is 10.1 Å². The van der Waals surface area contributed by atoms with Gasteiger partial charge in [0.1, 0.15) is 5.69 Å². The van der Waals surface area contributed by atoms with Crippen molar-refractivity contribution in [2.45, 2.75) is 0 Å². The van der Waals surface area contributed by atoms with Gasteiger partial charge in [-0.25, -0.2) is 0 Å². The Morgan fingerprint density at radius 1 is 1.30 bits per heavy atom. The average Bonchev–Trinajstić information content (AvgIpc) is 3.09. The van der Waals surface area contributed by atoms with Gasteiger partial charge in [0, 0.05) is 11.6 Å². The third-order valence-corrected chi connectivity index (χ3v) is 2.64. The SMILES string of the molecule is Nc1ccc(-c2nc(-c3ccco3)no2)cc1[N+](=O)[O-]. The number of nitro benzene ring substituents is 1. The number of anilines is 1. The number of benzene rings is 1. The Morgan fingerprint density at radius 2 is 2.15 bits per heavy atom. The van der Waals surface area contributed by atoms with E-state index >= 15 is 0 Å². The molecule has 0 amide bonds. The number of aromatic nitrogens is 2. The van der Waals surface area contributed by atoms with Gasteiger partial charge in [-0.05, 0) is 24.3 Å². The van der Waals surface area contributed by atoms with Gasteiger partial charge in [-0.1, -0.05) is 5.16 Å². The first-order valence-corrected chi connectivity index (χ1v) is 5.57. The Morgan fingerprint density at radius 3 is 2.85 bits per heavy atom. The van der Waals surface area contributed by atoms with E-state index in [4.69, 9.17) is 14.7 Å². The second-order valence-electron chi connectivity index (χ2n) is 3.93. The largest absolute Gasteiger partial charge is 0.461 e. The predicted octanol–water partition coefficient (Wildman–Crippen LogP) is 2.49. The van der Waals surface area contributed by atoms with Crippen molar-refractivity contribution in [3.05, 3.63) is 46.7 Å². The summed E-state index contributed by atoms with van der Waals surface area (Å²) in [5, 5.41) is 14.6. The fourth-order valence-corrected chi connectivity index (χ4v) is 1.68. The van der Waals surface area contributed by atoms with Crippen molar-refractivity contribution < 1.29 is 13.9 Å². The van der Waals surface area contributed by atoms with E-state index in [1.54, 1.807) is 18.2 Å². The maximum atomic E-state index is 10.8. The highest BCUT2D eigenvalue weighted by molar-refractivity contribution is 5.68. The molecule has 0 radical (unpaired) electrons. The zero-order valence-electron chi connectivity index (χ0n) is 10.0. The van der Waals surface area contributed by atoms with Crippen LogP contribution < -0.4 is 5.73 Å². The monoisotopic (exact) mass is 272 g/mol. The second-order valence-corrected chi connectivity index (χ2v) is 3.93. The predicted molar refractivity (Wildman–Crippen MR) is 68.5 cm³/mol. The molecule has 0 saturated heterocycles. The molecule has 0 saturated carbocycles. The van der Waals surface area contributed by atoms with Gasteiger partial charge in [0.15, 0.2) is 5.76 Å². The Kier molecular flexibility index (Phi) is 2.68. The number of hydrogen-bond donors (Lipinski definition) is 1. The summed E-state index contributed by atoms with van der Waals surface area (Å²) in [6.07, 6.45) is 1.49. The number of nitrogen functional groups attached to an aromatic ring is 1. The fraction of sp³-hybridized carbons (Fsp3) is 0. The molecule has 0 unspecified atom stereocenters. The molecule has 100 valence electrons. The number of nitrogens with two attached hydrogens (primary N) is 1. The molecule has 3 rings (SSSR count). The Bertz CT molecular complexity index is 764. The number of hydrogen-bond acceptors (Lipinski definition) is 7. The van der Waals surface area contributed by atoms with E-state index in [9.17, 15) is 10.1 Å². The first-order chi connectivity index (χ1) is 9.65. The number of furan rings is 1. The molecule has 0 bridgehead atoms. The van der Waals surface area contributed by atoms with Gasteiger partial charge in [0.05, 0.1) is 11.2 Å². The first-order valence-electron chi connectivity index (χ1n) is 5.57. The fourth-order valence-electron chi connectivity index (χ4n) is 1.68. The van der Waals surface area contributed by atoms with E-state index in [0.717, 1.165) is 0 Å². The van der Waals surface area contributed by atoms with Gasteiger partial charge in [0.2, 0.25) is 5.82 Å². The number of nitrogens with zero attached hydrogens (tertiary/aromatic N) is 3. The Balaban J connectivity index is 2.02. The van der Waals surface area contributed by atoms with E-state index in [2.05, 4.69) is 10.1 Å². The smallest absolute Gasteiger partial charge is 0.292 e. The van der Waals surface area contributed by atoms with E-state index in [0.29, 0.717) is 11.3 Å². The van der Waals surface area contributed by atoms with Crippen molar-refractivity contribution >= 4 is 11.4 Å². The molecular weight excluding hydrogens is 264 g/mol. The highest BCUT2D eigenvalue weighted by Crippen LogP contribution is 2.29. The highest BCUT2D eigenvalue weighted by Gasteiger charge is 2.17. The molecule has 0 spiro atoms. The summed E-state index contributed by atoms with van der Waals surface area (Å²) in [5.74, 6) is 0.869. The van der Waals surface area contributed by atoms with E-state index in [1.807, 2.05) is 0 Å². The summed E-state index contributed by atoms with van der Waals surface area (Å²) in [7, 11) is 0. The first kappa shape index (κ1) is 11.9. The standard InChI is InChI=1S/C12H8N4O4/c13-8-4-3-7(6-9(8)16(17)18)12-14-11(15-20-12)10-2-1-5-19-10/h1-6H,13H2. The van der Waals surface area contributed by atoms with Gasteiger partial charge in [0.25, 0.3) is 11.6 Å². The van der Waals surface area contributed by atoms with Gasteiger partial charge < -0.3 is 14.7 Å². The Labute approximate surface area is 112 Å². The molecule has 8 nitrogen and oxygen atoms in total. The minimum absolute atomic E-state index is 0.0736. The van der Waals surface area contributed by atoms with Crippen molar-refractivity contribution in [2.24, 2.45) is 0 Å². The van der Waals surface area contributed by atoms with Crippen molar-refractivity contribution in [3.63, 3.8) is 0 Å². The van der Waals surface area contributed by atoms with E-state index in [1.165, 1.54) is 18.4 Å². The molecule has 0 fully saturated rings. The van der Waals surface area contributed by atoms with Crippen LogP contribution in [0.25, 0.3) is 23.0 Å². The zero-order chi connectivity index (χ0) is 14.1. The summed E-state index contributed by atoms with van der Waals surface area (Å²) in [6.45, 7) is 0. The van der Waals surface area contributed by atoms with Crippen molar-refractivity contribution in [2.75, 3.05) is 5.73 Å². The van der Waals surface area contributed by atoms with E-state index < -0.39 is 4.92 Å². The van der Waals surface area contributed by atoms with Crippen molar-refractivity contribution in [3.8, 4) is 23.0 Å². The van der Waals surface area contributed by atoms with Crippen LogP contribution in [0.1, 0.15) is 0 Å². The minimum atomic E-state index is -0.567.